The molecule has 0 aliphatic rings. The van der Waals surface area contributed by atoms with Crippen LogP contribution in [0.4, 0.5) is 5.69 Å². The summed E-state index contributed by atoms with van der Waals surface area (Å²) < 4.78 is 0. The Morgan fingerprint density at radius 3 is 2.27 bits per heavy atom. The molecule has 0 saturated carbocycles. The third-order valence-electron chi connectivity index (χ3n) is 3.00. The van der Waals surface area contributed by atoms with E-state index >= 15 is 0 Å². The van der Waals surface area contributed by atoms with Crippen molar-refractivity contribution in [1.29, 1.82) is 0 Å². The molecule has 1 N–H and O–H groups in total. The molecule has 5 heteroatoms. The molecule has 3 nitrogen and oxygen atoms in total. The van der Waals surface area contributed by atoms with Crippen molar-refractivity contribution in [2.75, 3.05) is 11.1 Å². The normalized spacial score (nSPS) is 10.3. The fraction of sp³-hybridized carbons (Fsp3) is 0.176. The summed E-state index contributed by atoms with van der Waals surface area (Å²) in [6.45, 7) is 1.79. The van der Waals surface area contributed by atoms with Crippen molar-refractivity contribution in [2.24, 2.45) is 0 Å². The maximum absolute atomic E-state index is 12.1. The van der Waals surface area contributed by atoms with Gasteiger partial charge in [-0.3, -0.25) is 9.59 Å². The maximum Gasteiger partial charge on any atom is 0.224 e. The van der Waals surface area contributed by atoms with Crippen LogP contribution in [0, 0.1) is 0 Å². The van der Waals surface area contributed by atoms with Crippen LogP contribution in [0.15, 0.2) is 53.4 Å². The van der Waals surface area contributed by atoms with E-state index in [1.54, 1.807) is 43.3 Å². The average molecular weight is 334 g/mol. The van der Waals surface area contributed by atoms with Crippen LogP contribution in [0.1, 0.15) is 23.7 Å². The molecule has 0 aliphatic heterocycles. The van der Waals surface area contributed by atoms with Gasteiger partial charge >= 0.3 is 0 Å². The third kappa shape index (κ3) is 4.90. The van der Waals surface area contributed by atoms with Gasteiger partial charge in [0.2, 0.25) is 5.91 Å². The van der Waals surface area contributed by atoms with Crippen LogP contribution in [0.25, 0.3) is 0 Å². The minimum Gasteiger partial charge on any atom is -0.326 e. The highest BCUT2D eigenvalue weighted by Crippen LogP contribution is 2.21. The number of amides is 1. The van der Waals surface area contributed by atoms with E-state index in [4.69, 9.17) is 11.6 Å². The van der Waals surface area contributed by atoms with Gasteiger partial charge in [0, 0.05) is 27.6 Å². The largest absolute Gasteiger partial charge is 0.326 e. The molecule has 1 amide bonds. The van der Waals surface area contributed by atoms with Gasteiger partial charge in [0.15, 0.2) is 5.78 Å². The first-order valence-electron chi connectivity index (χ1n) is 6.90. The number of hydrogen-bond donors (Lipinski definition) is 1. The fourth-order valence-corrected chi connectivity index (χ4v) is 2.67. The van der Waals surface area contributed by atoms with E-state index in [0.717, 1.165) is 4.90 Å². The van der Waals surface area contributed by atoms with Gasteiger partial charge in [0.05, 0.1) is 5.75 Å². The Morgan fingerprint density at radius 1 is 1.05 bits per heavy atom. The molecule has 2 aromatic carbocycles. The summed E-state index contributed by atoms with van der Waals surface area (Å²) in [5, 5.41) is 3.43. The summed E-state index contributed by atoms with van der Waals surface area (Å²) in [6.07, 6.45) is 0.429. The van der Waals surface area contributed by atoms with Gasteiger partial charge in [0.25, 0.3) is 0 Å². The SMILES string of the molecule is CCC(=O)Nc1ccc(C(=O)CSc2ccc(Cl)cc2)cc1. The number of Topliss-reactive ketones (excluding diaryl/α,β-unsaturated/α-hetero) is 1. The van der Waals surface area contributed by atoms with Crippen molar-refractivity contribution in [3.63, 3.8) is 0 Å². The summed E-state index contributed by atoms with van der Waals surface area (Å²) in [7, 11) is 0. The number of benzene rings is 2. The summed E-state index contributed by atoms with van der Waals surface area (Å²) in [5.74, 6) is 0.369. The van der Waals surface area contributed by atoms with Crippen molar-refractivity contribution in [3.8, 4) is 0 Å². The van der Waals surface area contributed by atoms with Crippen LogP contribution in [0.2, 0.25) is 5.02 Å². The highest BCUT2D eigenvalue weighted by Gasteiger charge is 2.07. The van der Waals surface area contributed by atoms with Crippen LogP contribution in [-0.4, -0.2) is 17.4 Å². The third-order valence-corrected chi connectivity index (χ3v) is 4.26. The standard InChI is InChI=1S/C17H16ClNO2S/c1-2-17(21)19-14-7-3-12(4-8-14)16(20)11-22-15-9-5-13(18)6-10-15/h3-10H,2,11H2,1H3,(H,19,21). The van der Waals surface area contributed by atoms with Crippen LogP contribution in [0.5, 0.6) is 0 Å². The lowest BCUT2D eigenvalue weighted by Gasteiger charge is -2.05. The van der Waals surface area contributed by atoms with Crippen LogP contribution in [0.3, 0.4) is 0 Å². The highest BCUT2D eigenvalue weighted by atomic mass is 35.5. The Kier molecular flexibility index (Phi) is 6.04. The van der Waals surface area contributed by atoms with E-state index in [-0.39, 0.29) is 11.7 Å². The molecule has 0 unspecified atom stereocenters. The minimum atomic E-state index is -0.0441. The van der Waals surface area contributed by atoms with Crippen molar-refractivity contribution in [2.45, 2.75) is 18.2 Å². The van der Waals surface area contributed by atoms with E-state index < -0.39 is 0 Å². The second kappa shape index (κ2) is 8.01. The predicted octanol–water partition coefficient (Wildman–Crippen LogP) is 4.66. The summed E-state index contributed by atoms with van der Waals surface area (Å²) in [6, 6.07) is 14.3. The smallest absolute Gasteiger partial charge is 0.224 e. The number of hydrogen-bond acceptors (Lipinski definition) is 3. The number of rotatable bonds is 6. The molecule has 0 atom stereocenters. The minimum absolute atomic E-state index is 0.0441. The summed E-state index contributed by atoms with van der Waals surface area (Å²) >= 11 is 7.30. The quantitative estimate of drug-likeness (QED) is 0.617. The Labute approximate surface area is 139 Å². The van der Waals surface area contributed by atoms with Crippen molar-refractivity contribution < 1.29 is 9.59 Å². The topological polar surface area (TPSA) is 46.2 Å². The zero-order valence-corrected chi connectivity index (χ0v) is 13.7. The van der Waals surface area contributed by atoms with E-state index in [2.05, 4.69) is 5.32 Å². The van der Waals surface area contributed by atoms with E-state index in [0.29, 0.717) is 28.4 Å². The lowest BCUT2D eigenvalue weighted by atomic mass is 10.1. The van der Waals surface area contributed by atoms with Crippen LogP contribution < -0.4 is 5.32 Å². The lowest BCUT2D eigenvalue weighted by molar-refractivity contribution is -0.115. The Morgan fingerprint density at radius 2 is 1.68 bits per heavy atom. The average Bonchev–Trinajstić information content (AvgIpc) is 2.54. The first kappa shape index (κ1) is 16.6. The zero-order valence-electron chi connectivity index (χ0n) is 12.1. The molecule has 0 bridgehead atoms. The predicted molar refractivity (Wildman–Crippen MR) is 91.9 cm³/mol. The van der Waals surface area contributed by atoms with E-state index in [1.807, 2.05) is 12.1 Å². The molecular formula is C17H16ClNO2S. The second-order valence-electron chi connectivity index (χ2n) is 4.64. The van der Waals surface area contributed by atoms with E-state index in [9.17, 15) is 9.59 Å². The molecule has 0 aromatic heterocycles. The second-order valence-corrected chi connectivity index (χ2v) is 6.13. The molecule has 114 valence electrons. The molecule has 2 aromatic rings. The summed E-state index contributed by atoms with van der Waals surface area (Å²) in [5.41, 5.74) is 1.34. The number of halogens is 1. The first-order chi connectivity index (χ1) is 10.6. The number of carbonyl (C=O) groups excluding carboxylic acids is 2. The number of anilines is 1. The lowest BCUT2D eigenvalue weighted by Crippen LogP contribution is -2.09. The summed E-state index contributed by atoms with van der Waals surface area (Å²) in [4.78, 5) is 24.4. The van der Waals surface area contributed by atoms with Crippen LogP contribution >= 0.6 is 23.4 Å². The van der Waals surface area contributed by atoms with Crippen LogP contribution in [-0.2, 0) is 4.79 Å². The molecular weight excluding hydrogens is 318 g/mol. The molecule has 0 spiro atoms. The molecule has 0 radical (unpaired) electrons. The number of carbonyl (C=O) groups is 2. The van der Waals surface area contributed by atoms with Gasteiger partial charge in [-0.2, -0.15) is 0 Å². The van der Waals surface area contributed by atoms with Gasteiger partial charge in [-0.15, -0.1) is 11.8 Å². The number of ketones is 1. The zero-order chi connectivity index (χ0) is 15.9. The fourth-order valence-electron chi connectivity index (χ4n) is 1.75. The molecule has 22 heavy (non-hydrogen) atoms. The van der Waals surface area contributed by atoms with Gasteiger partial charge < -0.3 is 5.32 Å². The van der Waals surface area contributed by atoms with Crippen molar-refractivity contribution >= 4 is 40.7 Å². The molecule has 0 saturated heterocycles. The monoisotopic (exact) mass is 333 g/mol. The first-order valence-corrected chi connectivity index (χ1v) is 8.26. The van der Waals surface area contributed by atoms with E-state index in [1.165, 1.54) is 11.8 Å². The van der Waals surface area contributed by atoms with Gasteiger partial charge in [-0.05, 0) is 48.5 Å². The molecule has 0 heterocycles. The Balaban J connectivity index is 1.92. The maximum atomic E-state index is 12.1. The van der Waals surface area contributed by atoms with Crippen molar-refractivity contribution in [1.82, 2.24) is 0 Å². The Bertz CT molecular complexity index is 653. The van der Waals surface area contributed by atoms with Gasteiger partial charge in [0.1, 0.15) is 0 Å². The van der Waals surface area contributed by atoms with Gasteiger partial charge in [-0.1, -0.05) is 18.5 Å². The van der Waals surface area contributed by atoms with Crippen molar-refractivity contribution in [3.05, 3.63) is 59.1 Å². The molecule has 0 fully saturated rings. The van der Waals surface area contributed by atoms with Gasteiger partial charge in [-0.25, -0.2) is 0 Å². The number of nitrogens with one attached hydrogen (secondary N) is 1. The number of thioether (sulfide) groups is 1. The Hall–Kier alpha value is -1.78. The highest BCUT2D eigenvalue weighted by molar-refractivity contribution is 8.00. The molecule has 0 aliphatic carbocycles. The molecule has 2 rings (SSSR count).